The maximum atomic E-state index is 6.23. The van der Waals surface area contributed by atoms with Crippen LogP contribution in [0.2, 0.25) is 0 Å². The zero-order valence-corrected chi connectivity index (χ0v) is 10.6. The Morgan fingerprint density at radius 1 is 1.12 bits per heavy atom. The normalized spacial score (nSPS) is 12.4. The van der Waals surface area contributed by atoms with Gasteiger partial charge in [-0.2, -0.15) is 0 Å². The number of hydrogen-bond donors (Lipinski definition) is 1. The zero-order valence-electron chi connectivity index (χ0n) is 10.6. The number of rotatable bonds is 3. The van der Waals surface area contributed by atoms with Crippen molar-refractivity contribution in [2.75, 3.05) is 5.73 Å². The molecule has 0 amide bonds. The molecule has 0 aliphatic carbocycles. The van der Waals surface area contributed by atoms with Crippen LogP contribution in [0.1, 0.15) is 70.1 Å². The first kappa shape index (κ1) is 15.0. The average molecular weight is 221 g/mol. The molecule has 1 aromatic carbocycles. The number of aryl methyl sites for hydroxylation is 1. The quantitative estimate of drug-likeness (QED) is 0.725. The third-order valence-corrected chi connectivity index (χ3v) is 3.15. The summed E-state index contributed by atoms with van der Waals surface area (Å²) in [7, 11) is 0. The molecule has 92 valence electrons. The summed E-state index contributed by atoms with van der Waals surface area (Å²) < 4.78 is 0. The van der Waals surface area contributed by atoms with Gasteiger partial charge in [0.2, 0.25) is 0 Å². The van der Waals surface area contributed by atoms with E-state index in [1.54, 1.807) is 0 Å². The van der Waals surface area contributed by atoms with E-state index in [1.165, 1.54) is 16.7 Å². The van der Waals surface area contributed by atoms with Crippen molar-refractivity contribution in [2.45, 2.75) is 60.3 Å². The fourth-order valence-corrected chi connectivity index (χ4v) is 1.96. The Morgan fingerprint density at radius 3 is 2.06 bits per heavy atom. The molecule has 0 aromatic heterocycles. The molecular formula is C15H27N. The van der Waals surface area contributed by atoms with E-state index >= 15 is 0 Å². The summed E-state index contributed by atoms with van der Waals surface area (Å²) in [5.74, 6) is 1.06. The molecule has 1 heteroatoms. The number of hydrogen-bond acceptors (Lipinski definition) is 1. The molecule has 0 spiro atoms. The molecule has 0 aliphatic rings. The van der Waals surface area contributed by atoms with Crippen LogP contribution in [0, 0.1) is 6.92 Å². The Morgan fingerprint density at radius 2 is 1.62 bits per heavy atom. The van der Waals surface area contributed by atoms with Crippen LogP contribution in [-0.2, 0) is 0 Å². The molecule has 0 bridgehead atoms. The first-order valence-corrected chi connectivity index (χ1v) is 5.87. The topological polar surface area (TPSA) is 26.0 Å². The molecule has 0 radical (unpaired) electrons. The molecular weight excluding hydrogens is 194 g/mol. The highest BCUT2D eigenvalue weighted by molar-refractivity contribution is 5.58. The number of benzene rings is 1. The largest absolute Gasteiger partial charge is 0.398 e. The van der Waals surface area contributed by atoms with Crippen LogP contribution in [0.5, 0.6) is 0 Å². The Labute approximate surface area is 101 Å². The van der Waals surface area contributed by atoms with Crippen molar-refractivity contribution in [3.63, 3.8) is 0 Å². The molecule has 2 N–H and O–H groups in total. The van der Waals surface area contributed by atoms with E-state index in [-0.39, 0.29) is 7.43 Å². The molecule has 1 aromatic rings. The van der Waals surface area contributed by atoms with Gasteiger partial charge >= 0.3 is 0 Å². The first-order valence-electron chi connectivity index (χ1n) is 5.87. The number of anilines is 1. The van der Waals surface area contributed by atoms with Crippen LogP contribution in [0.3, 0.4) is 0 Å². The van der Waals surface area contributed by atoms with E-state index in [1.807, 2.05) is 0 Å². The highest BCUT2D eigenvalue weighted by Crippen LogP contribution is 2.32. The summed E-state index contributed by atoms with van der Waals surface area (Å²) in [6.45, 7) is 11.0. The van der Waals surface area contributed by atoms with Crippen molar-refractivity contribution >= 4 is 5.69 Å². The molecule has 1 unspecified atom stereocenters. The van der Waals surface area contributed by atoms with E-state index in [0.717, 1.165) is 12.1 Å². The molecule has 1 atom stereocenters. The molecule has 16 heavy (non-hydrogen) atoms. The Bertz CT molecular complexity index is 340. The smallest absolute Gasteiger partial charge is 0.0384 e. The molecule has 1 rings (SSSR count). The molecule has 0 heterocycles. The molecule has 0 saturated heterocycles. The van der Waals surface area contributed by atoms with Gasteiger partial charge in [0.15, 0.2) is 0 Å². The summed E-state index contributed by atoms with van der Waals surface area (Å²) in [5, 5.41) is 0. The average Bonchev–Trinajstić information content (AvgIpc) is 2.19. The fraction of sp³-hybridized carbons (Fsp3) is 0.600. The fourth-order valence-electron chi connectivity index (χ4n) is 1.96. The second kappa shape index (κ2) is 5.93. The van der Waals surface area contributed by atoms with Gasteiger partial charge in [-0.05, 0) is 36.3 Å². The van der Waals surface area contributed by atoms with E-state index in [0.29, 0.717) is 11.8 Å². The van der Waals surface area contributed by atoms with Gasteiger partial charge in [0.1, 0.15) is 0 Å². The van der Waals surface area contributed by atoms with Crippen LogP contribution < -0.4 is 5.73 Å². The highest BCUT2D eigenvalue weighted by atomic mass is 14.6. The summed E-state index contributed by atoms with van der Waals surface area (Å²) >= 11 is 0. The third kappa shape index (κ3) is 3.01. The van der Waals surface area contributed by atoms with Crippen molar-refractivity contribution in [3.05, 3.63) is 28.8 Å². The summed E-state index contributed by atoms with van der Waals surface area (Å²) in [6, 6.07) is 4.45. The van der Waals surface area contributed by atoms with Gasteiger partial charge in [-0.3, -0.25) is 0 Å². The number of nitrogen functional groups attached to an aromatic ring is 1. The second-order valence-electron chi connectivity index (χ2n) is 4.82. The van der Waals surface area contributed by atoms with Gasteiger partial charge in [-0.1, -0.05) is 52.8 Å². The van der Waals surface area contributed by atoms with E-state index in [2.05, 4.69) is 46.8 Å². The van der Waals surface area contributed by atoms with Gasteiger partial charge in [0.05, 0.1) is 0 Å². The van der Waals surface area contributed by atoms with Crippen LogP contribution in [0.15, 0.2) is 12.1 Å². The lowest BCUT2D eigenvalue weighted by atomic mass is 9.89. The standard InChI is InChI=1S/C14H23N.CH4/c1-6-11(5)13-8-10(4)7-12(9(2)3)14(13)15;/h7-9,11H,6,15H2,1-5H3;1H4. The van der Waals surface area contributed by atoms with Crippen molar-refractivity contribution in [3.8, 4) is 0 Å². The van der Waals surface area contributed by atoms with Gasteiger partial charge in [0, 0.05) is 5.69 Å². The predicted octanol–water partition coefficient (Wildman–Crippen LogP) is 4.85. The van der Waals surface area contributed by atoms with Gasteiger partial charge < -0.3 is 5.73 Å². The van der Waals surface area contributed by atoms with Crippen molar-refractivity contribution in [2.24, 2.45) is 0 Å². The summed E-state index contributed by atoms with van der Waals surface area (Å²) in [5.41, 5.74) is 11.2. The van der Waals surface area contributed by atoms with E-state index in [9.17, 15) is 0 Å². The van der Waals surface area contributed by atoms with Crippen LogP contribution in [-0.4, -0.2) is 0 Å². The minimum Gasteiger partial charge on any atom is -0.398 e. The first-order chi connectivity index (χ1) is 6.97. The maximum absolute atomic E-state index is 6.23. The van der Waals surface area contributed by atoms with Crippen LogP contribution in [0.25, 0.3) is 0 Å². The highest BCUT2D eigenvalue weighted by Gasteiger charge is 2.13. The Balaban J connectivity index is 0.00000225. The van der Waals surface area contributed by atoms with E-state index < -0.39 is 0 Å². The van der Waals surface area contributed by atoms with Crippen molar-refractivity contribution in [1.29, 1.82) is 0 Å². The van der Waals surface area contributed by atoms with Gasteiger partial charge in [0.25, 0.3) is 0 Å². The lowest BCUT2D eigenvalue weighted by Crippen LogP contribution is -2.05. The van der Waals surface area contributed by atoms with Crippen LogP contribution in [0.4, 0.5) is 5.69 Å². The van der Waals surface area contributed by atoms with Crippen molar-refractivity contribution < 1.29 is 0 Å². The minimum atomic E-state index is 0. The lowest BCUT2D eigenvalue weighted by molar-refractivity contribution is 0.731. The lowest BCUT2D eigenvalue weighted by Gasteiger charge is -2.19. The Hall–Kier alpha value is -0.980. The van der Waals surface area contributed by atoms with Gasteiger partial charge in [-0.15, -0.1) is 0 Å². The zero-order chi connectivity index (χ0) is 11.6. The second-order valence-corrected chi connectivity index (χ2v) is 4.82. The predicted molar refractivity (Wildman–Crippen MR) is 75.1 cm³/mol. The SMILES string of the molecule is C.CCC(C)c1cc(C)cc(C(C)C)c1N. The molecule has 0 aliphatic heterocycles. The molecule has 1 nitrogen and oxygen atoms in total. The van der Waals surface area contributed by atoms with Crippen molar-refractivity contribution in [1.82, 2.24) is 0 Å². The summed E-state index contributed by atoms with van der Waals surface area (Å²) in [6.07, 6.45) is 1.14. The van der Waals surface area contributed by atoms with E-state index in [4.69, 9.17) is 5.73 Å². The monoisotopic (exact) mass is 221 g/mol. The maximum Gasteiger partial charge on any atom is 0.0384 e. The Kier molecular flexibility index (Phi) is 5.57. The van der Waals surface area contributed by atoms with Crippen LogP contribution >= 0.6 is 0 Å². The molecule has 0 fully saturated rings. The molecule has 0 saturated carbocycles. The third-order valence-electron chi connectivity index (χ3n) is 3.15. The van der Waals surface area contributed by atoms with Gasteiger partial charge in [-0.25, -0.2) is 0 Å². The number of nitrogens with two attached hydrogens (primary N) is 1. The summed E-state index contributed by atoms with van der Waals surface area (Å²) in [4.78, 5) is 0. The minimum absolute atomic E-state index is 0.